The largest absolute Gasteiger partial charge is 0.506 e. The first-order chi connectivity index (χ1) is 8.54. The van der Waals surface area contributed by atoms with E-state index < -0.39 is 33.7 Å². The number of phenolic OH excluding ortho intramolecular Hbond substituents is 1. The Morgan fingerprint density at radius 1 is 1.37 bits per heavy atom. The number of aliphatic hydroxyl groups is 1. The smallest absolute Gasteiger partial charge is 0.415 e. The molecule has 0 amide bonds. The van der Waals surface area contributed by atoms with Gasteiger partial charge in [-0.3, -0.25) is 0 Å². The third-order valence-electron chi connectivity index (χ3n) is 2.15. The number of nitrogens with one attached hydrogen (secondary N) is 1. The van der Waals surface area contributed by atoms with Crippen molar-refractivity contribution in [2.24, 2.45) is 0 Å². The molecule has 0 fully saturated rings. The van der Waals surface area contributed by atoms with Gasteiger partial charge in [-0.1, -0.05) is 0 Å². The summed E-state index contributed by atoms with van der Waals surface area (Å²) in [5.74, 6) is -0.353. The molecule has 1 aromatic carbocycles. The number of aromatic hydroxyl groups is 1. The quantitative estimate of drug-likeness (QED) is 0.468. The summed E-state index contributed by atoms with van der Waals surface area (Å²) < 4.78 is 60.8. The van der Waals surface area contributed by atoms with E-state index >= 15 is 0 Å². The number of aliphatic hydroxyl groups excluding tert-OH is 1. The predicted octanol–water partition coefficient (Wildman–Crippen LogP) is 0.176. The number of hydrogen-bond acceptors (Lipinski definition) is 5. The van der Waals surface area contributed by atoms with Crippen molar-refractivity contribution >= 4 is 15.7 Å². The highest BCUT2D eigenvalue weighted by molar-refractivity contribution is 7.89. The van der Waals surface area contributed by atoms with Gasteiger partial charge in [0.15, 0.2) is 6.10 Å². The number of anilines is 1. The molecule has 1 rings (SSSR count). The Morgan fingerprint density at radius 3 is 2.42 bits per heavy atom. The van der Waals surface area contributed by atoms with Crippen molar-refractivity contribution in [3.63, 3.8) is 0 Å². The number of nitrogens with two attached hydrogens (primary N) is 1. The number of sulfonamides is 1. The molecule has 0 bridgehead atoms. The van der Waals surface area contributed by atoms with E-state index in [1.807, 2.05) is 0 Å². The van der Waals surface area contributed by atoms with E-state index in [0.717, 1.165) is 18.2 Å². The molecule has 19 heavy (non-hydrogen) atoms. The zero-order valence-electron chi connectivity index (χ0n) is 9.35. The van der Waals surface area contributed by atoms with Crippen LogP contribution in [0.5, 0.6) is 5.75 Å². The number of alkyl halides is 3. The van der Waals surface area contributed by atoms with Gasteiger partial charge in [0.2, 0.25) is 10.0 Å². The minimum atomic E-state index is -4.92. The van der Waals surface area contributed by atoms with E-state index in [9.17, 15) is 21.6 Å². The summed E-state index contributed by atoms with van der Waals surface area (Å²) in [4.78, 5) is -0.419. The molecule has 0 aliphatic heterocycles. The van der Waals surface area contributed by atoms with Crippen LogP contribution >= 0.6 is 0 Å². The highest BCUT2D eigenvalue weighted by Crippen LogP contribution is 2.23. The van der Waals surface area contributed by atoms with Gasteiger partial charge in [0.25, 0.3) is 0 Å². The fraction of sp³-hybridized carbons (Fsp3) is 0.333. The Labute approximate surface area is 106 Å². The lowest BCUT2D eigenvalue weighted by Gasteiger charge is -2.15. The van der Waals surface area contributed by atoms with Crippen LogP contribution in [0.25, 0.3) is 0 Å². The van der Waals surface area contributed by atoms with Gasteiger partial charge in [0, 0.05) is 6.54 Å². The zero-order chi connectivity index (χ0) is 14.8. The van der Waals surface area contributed by atoms with Gasteiger partial charge >= 0.3 is 6.18 Å². The van der Waals surface area contributed by atoms with Crippen molar-refractivity contribution in [1.82, 2.24) is 4.72 Å². The van der Waals surface area contributed by atoms with E-state index in [2.05, 4.69) is 0 Å². The van der Waals surface area contributed by atoms with Crippen molar-refractivity contribution in [1.29, 1.82) is 0 Å². The molecule has 6 nitrogen and oxygen atoms in total. The molecule has 1 atom stereocenters. The lowest BCUT2D eigenvalue weighted by atomic mass is 10.3. The van der Waals surface area contributed by atoms with Crippen LogP contribution < -0.4 is 10.5 Å². The number of benzene rings is 1. The fourth-order valence-corrected chi connectivity index (χ4v) is 2.16. The Bertz CT molecular complexity index is 559. The molecular weight excluding hydrogens is 289 g/mol. The van der Waals surface area contributed by atoms with E-state index in [4.69, 9.17) is 15.9 Å². The molecule has 0 aliphatic carbocycles. The van der Waals surface area contributed by atoms with Crippen LogP contribution in [0.15, 0.2) is 23.1 Å². The Kier molecular flexibility index (Phi) is 4.28. The summed E-state index contributed by atoms with van der Waals surface area (Å²) in [5.41, 5.74) is 5.03. The highest BCUT2D eigenvalue weighted by atomic mass is 32.2. The molecule has 0 aliphatic rings. The molecule has 0 spiro atoms. The normalized spacial score (nSPS) is 14.3. The molecule has 1 unspecified atom stereocenters. The lowest BCUT2D eigenvalue weighted by molar-refractivity contribution is -0.200. The van der Waals surface area contributed by atoms with Gasteiger partial charge in [-0.05, 0) is 18.2 Å². The summed E-state index contributed by atoms with van der Waals surface area (Å²) >= 11 is 0. The molecule has 0 saturated carbocycles. The van der Waals surface area contributed by atoms with Crippen molar-refractivity contribution in [3.05, 3.63) is 18.2 Å². The third kappa shape index (κ3) is 3.98. The number of rotatable bonds is 4. The number of halogens is 3. The maximum atomic E-state index is 12.0. The number of nitrogen functional groups attached to an aromatic ring is 1. The van der Waals surface area contributed by atoms with Gasteiger partial charge in [-0.2, -0.15) is 13.2 Å². The first-order valence-corrected chi connectivity index (χ1v) is 6.35. The molecular formula is C9H11F3N2O4S. The Hall–Kier alpha value is -1.52. The van der Waals surface area contributed by atoms with Crippen LogP contribution in [0.2, 0.25) is 0 Å². The van der Waals surface area contributed by atoms with E-state index in [1.165, 1.54) is 0 Å². The topological polar surface area (TPSA) is 113 Å². The molecule has 10 heteroatoms. The second-order valence-electron chi connectivity index (χ2n) is 3.63. The second kappa shape index (κ2) is 5.23. The maximum absolute atomic E-state index is 12.0. The van der Waals surface area contributed by atoms with Crippen LogP contribution in [-0.2, 0) is 10.0 Å². The fourth-order valence-electron chi connectivity index (χ4n) is 1.09. The van der Waals surface area contributed by atoms with Crippen molar-refractivity contribution < 1.29 is 31.8 Å². The first kappa shape index (κ1) is 15.5. The van der Waals surface area contributed by atoms with Gasteiger partial charge in [0.1, 0.15) is 5.75 Å². The molecule has 0 saturated heterocycles. The summed E-state index contributed by atoms with van der Waals surface area (Å²) in [6, 6.07) is 2.84. The van der Waals surface area contributed by atoms with Crippen LogP contribution in [-0.4, -0.2) is 37.5 Å². The Morgan fingerprint density at radius 2 is 1.95 bits per heavy atom. The van der Waals surface area contributed by atoms with Gasteiger partial charge in [-0.25, -0.2) is 13.1 Å². The van der Waals surface area contributed by atoms with Crippen molar-refractivity contribution in [3.8, 4) is 5.75 Å². The van der Waals surface area contributed by atoms with Crippen LogP contribution in [0.4, 0.5) is 18.9 Å². The van der Waals surface area contributed by atoms with Gasteiger partial charge in [0.05, 0.1) is 10.6 Å². The van der Waals surface area contributed by atoms with Crippen molar-refractivity contribution in [2.45, 2.75) is 17.2 Å². The summed E-state index contributed by atoms with van der Waals surface area (Å²) in [5, 5.41) is 17.8. The van der Waals surface area contributed by atoms with Gasteiger partial charge in [-0.15, -0.1) is 0 Å². The molecule has 1 aromatic rings. The molecule has 0 aromatic heterocycles. The van der Waals surface area contributed by atoms with E-state index in [0.29, 0.717) is 0 Å². The van der Waals surface area contributed by atoms with E-state index in [1.54, 1.807) is 4.72 Å². The zero-order valence-corrected chi connectivity index (χ0v) is 10.2. The minimum Gasteiger partial charge on any atom is -0.506 e. The molecule has 0 radical (unpaired) electrons. The summed E-state index contributed by atoms with van der Waals surface area (Å²) in [6.07, 6.45) is -7.73. The Balaban J connectivity index is 2.85. The first-order valence-electron chi connectivity index (χ1n) is 4.87. The average molecular weight is 300 g/mol. The predicted molar refractivity (Wildman–Crippen MR) is 59.8 cm³/mol. The van der Waals surface area contributed by atoms with Crippen LogP contribution in [0, 0.1) is 0 Å². The maximum Gasteiger partial charge on any atom is 0.415 e. The lowest BCUT2D eigenvalue weighted by Crippen LogP contribution is -2.40. The van der Waals surface area contributed by atoms with Crippen LogP contribution in [0.3, 0.4) is 0 Å². The monoisotopic (exact) mass is 300 g/mol. The van der Waals surface area contributed by atoms with Crippen molar-refractivity contribution in [2.75, 3.05) is 12.3 Å². The summed E-state index contributed by atoms with van der Waals surface area (Å²) in [7, 11) is -4.26. The number of phenols is 1. The SMILES string of the molecule is Nc1cc(S(=O)(=O)NCC(O)C(F)(F)F)ccc1O. The standard InChI is InChI=1S/C9H11F3N2O4S/c10-9(11,12)8(16)4-14-19(17,18)5-1-2-7(15)6(13)3-5/h1-3,8,14-16H,4,13H2. The molecule has 0 heterocycles. The molecule has 108 valence electrons. The average Bonchev–Trinajstić information content (AvgIpc) is 2.28. The second-order valence-corrected chi connectivity index (χ2v) is 5.40. The van der Waals surface area contributed by atoms with E-state index in [-0.39, 0.29) is 11.4 Å². The highest BCUT2D eigenvalue weighted by Gasteiger charge is 2.38. The minimum absolute atomic E-state index is 0.237. The number of hydrogen-bond donors (Lipinski definition) is 4. The van der Waals surface area contributed by atoms with Crippen LogP contribution in [0.1, 0.15) is 0 Å². The summed E-state index contributed by atoms with van der Waals surface area (Å²) in [6.45, 7) is -1.22. The van der Waals surface area contributed by atoms with Gasteiger partial charge < -0.3 is 15.9 Å². The third-order valence-corrected chi connectivity index (χ3v) is 3.58. The molecule has 5 N–H and O–H groups in total.